The lowest BCUT2D eigenvalue weighted by Crippen LogP contribution is -2.52. The van der Waals surface area contributed by atoms with E-state index in [1.807, 2.05) is 0 Å². The Morgan fingerprint density at radius 2 is 1.91 bits per heavy atom. The number of ketones is 1. The van der Waals surface area contributed by atoms with Crippen molar-refractivity contribution in [3.05, 3.63) is 0 Å². The van der Waals surface area contributed by atoms with Crippen LogP contribution in [0.25, 0.3) is 0 Å². The number of carbonyl (C=O) groups is 2. The number of Topliss-reactive ketones (excluding diaryl/α,β-unsaturated/α-hetero) is 1. The van der Waals surface area contributed by atoms with E-state index in [9.17, 15) is 14.7 Å². The molecule has 4 atom stereocenters. The van der Waals surface area contributed by atoms with Crippen LogP contribution in [0.4, 0.5) is 0 Å². The molecule has 0 amide bonds. The molecule has 1 aliphatic carbocycles. The van der Waals surface area contributed by atoms with Crippen LogP contribution < -0.4 is 5.73 Å². The van der Waals surface area contributed by atoms with Gasteiger partial charge >= 0.3 is 13.1 Å². The number of carboxylic acid groups (broad SMARTS) is 1. The molecule has 1 rings (SSSR count). The van der Waals surface area contributed by atoms with Gasteiger partial charge in [0, 0.05) is 5.92 Å². The van der Waals surface area contributed by atoms with Gasteiger partial charge in [-0.3, -0.25) is 9.59 Å². The molecule has 1 aliphatic rings. The van der Waals surface area contributed by atoms with Gasteiger partial charge in [-0.25, -0.2) is 0 Å². The highest BCUT2D eigenvalue weighted by Crippen LogP contribution is 2.48. The first kappa shape index (κ1) is 19.1. The summed E-state index contributed by atoms with van der Waals surface area (Å²) in [6.45, 7) is 3.56. The van der Waals surface area contributed by atoms with E-state index in [1.165, 1.54) is 6.92 Å². The van der Waals surface area contributed by atoms with Gasteiger partial charge in [0.05, 0.1) is 0 Å². The zero-order chi connectivity index (χ0) is 16.9. The predicted molar refractivity (Wildman–Crippen MR) is 84.1 cm³/mol. The monoisotopic (exact) mass is 313 g/mol. The van der Waals surface area contributed by atoms with Gasteiger partial charge in [0.15, 0.2) is 0 Å². The van der Waals surface area contributed by atoms with E-state index in [1.54, 1.807) is 0 Å². The molecule has 22 heavy (non-hydrogen) atoms. The van der Waals surface area contributed by atoms with E-state index in [4.69, 9.17) is 15.8 Å². The number of rotatable bonds is 9. The smallest absolute Gasteiger partial charge is 0.451 e. The van der Waals surface area contributed by atoms with Gasteiger partial charge in [0.1, 0.15) is 11.3 Å². The van der Waals surface area contributed by atoms with Crippen molar-refractivity contribution < 1.29 is 24.7 Å². The van der Waals surface area contributed by atoms with Crippen LogP contribution in [0.3, 0.4) is 0 Å². The molecule has 0 radical (unpaired) electrons. The number of hydrogen-bond donors (Lipinski definition) is 4. The van der Waals surface area contributed by atoms with Crippen molar-refractivity contribution in [2.45, 2.75) is 64.2 Å². The van der Waals surface area contributed by atoms with Crippen LogP contribution in [0.5, 0.6) is 0 Å². The summed E-state index contributed by atoms with van der Waals surface area (Å²) in [6.07, 6.45) is 4.06. The van der Waals surface area contributed by atoms with E-state index in [0.717, 1.165) is 19.3 Å². The number of carboxylic acids is 1. The molecule has 0 aliphatic heterocycles. The zero-order valence-electron chi connectivity index (χ0n) is 13.5. The summed E-state index contributed by atoms with van der Waals surface area (Å²) in [5.41, 5.74) is 4.78. The molecule has 5 N–H and O–H groups in total. The Morgan fingerprint density at radius 1 is 1.27 bits per heavy atom. The van der Waals surface area contributed by atoms with Gasteiger partial charge in [-0.05, 0) is 44.3 Å². The average Bonchev–Trinajstić information content (AvgIpc) is 2.71. The third-order valence-electron chi connectivity index (χ3n) is 5.04. The van der Waals surface area contributed by atoms with Crippen molar-refractivity contribution in [3.8, 4) is 0 Å². The normalized spacial score (nSPS) is 31.2. The van der Waals surface area contributed by atoms with E-state index in [2.05, 4.69) is 6.92 Å². The Hall–Kier alpha value is -0.915. The summed E-state index contributed by atoms with van der Waals surface area (Å²) in [7, 11) is -1.39. The van der Waals surface area contributed by atoms with Crippen LogP contribution in [0, 0.1) is 17.8 Å². The number of hydrogen-bond acceptors (Lipinski definition) is 5. The maximum absolute atomic E-state index is 11.9. The standard InChI is InChI=1S/C15H28BNO5/c1-3-4-6-11-12(10(2)18)9-15(17,14(19)20)13(11)7-5-8-16(21)22/h11-13,21-22H,3-9,17H2,1-2H3,(H,19,20)/t11-,12+,13+,15+/m1/s1. The minimum Gasteiger partial charge on any atom is -0.480 e. The number of carbonyl (C=O) groups excluding carboxylic acids is 1. The average molecular weight is 313 g/mol. The van der Waals surface area contributed by atoms with Gasteiger partial charge in [-0.2, -0.15) is 0 Å². The molecule has 0 aromatic heterocycles. The van der Waals surface area contributed by atoms with Crippen molar-refractivity contribution >= 4 is 18.9 Å². The second-order valence-corrected chi connectivity index (χ2v) is 6.59. The summed E-state index contributed by atoms with van der Waals surface area (Å²) in [6, 6.07) is 0. The van der Waals surface area contributed by atoms with Crippen molar-refractivity contribution in [3.63, 3.8) is 0 Å². The lowest BCUT2D eigenvalue weighted by molar-refractivity contribution is -0.145. The summed E-state index contributed by atoms with van der Waals surface area (Å²) in [5.74, 6) is -1.70. The second-order valence-electron chi connectivity index (χ2n) is 6.59. The van der Waals surface area contributed by atoms with Gasteiger partial charge in [0.25, 0.3) is 0 Å². The van der Waals surface area contributed by atoms with Crippen LogP contribution >= 0.6 is 0 Å². The van der Waals surface area contributed by atoms with Crippen LogP contribution in [0.1, 0.15) is 52.4 Å². The maximum atomic E-state index is 11.9. The summed E-state index contributed by atoms with van der Waals surface area (Å²) >= 11 is 0. The third kappa shape index (κ3) is 4.30. The van der Waals surface area contributed by atoms with Crippen molar-refractivity contribution in [2.24, 2.45) is 23.5 Å². The van der Waals surface area contributed by atoms with Crippen LogP contribution in [0.2, 0.25) is 6.32 Å². The molecule has 0 aromatic carbocycles. The lowest BCUT2D eigenvalue weighted by atomic mass is 9.74. The van der Waals surface area contributed by atoms with E-state index in [-0.39, 0.29) is 36.3 Å². The maximum Gasteiger partial charge on any atom is 0.451 e. The van der Waals surface area contributed by atoms with Crippen molar-refractivity contribution in [1.82, 2.24) is 0 Å². The Bertz CT molecular complexity index is 403. The fourth-order valence-electron chi connectivity index (χ4n) is 3.85. The molecular formula is C15H28BNO5. The van der Waals surface area contributed by atoms with Gasteiger partial charge in [0.2, 0.25) is 0 Å². The molecule has 6 nitrogen and oxygen atoms in total. The first-order valence-corrected chi connectivity index (χ1v) is 8.12. The summed E-state index contributed by atoms with van der Waals surface area (Å²) in [5, 5.41) is 27.5. The van der Waals surface area contributed by atoms with Gasteiger partial charge in [-0.1, -0.05) is 26.2 Å². The third-order valence-corrected chi connectivity index (χ3v) is 5.04. The SMILES string of the molecule is CCCC[C@@H]1[C@H](C(C)=O)C[C@@](N)(C(=O)O)[C@H]1CCCB(O)O. The number of nitrogens with two attached hydrogens (primary N) is 1. The molecule has 0 spiro atoms. The molecule has 1 saturated carbocycles. The van der Waals surface area contributed by atoms with Gasteiger partial charge < -0.3 is 20.9 Å². The van der Waals surface area contributed by atoms with E-state index < -0.39 is 18.6 Å². The molecule has 0 unspecified atom stereocenters. The predicted octanol–water partition coefficient (Wildman–Crippen LogP) is 1.05. The largest absolute Gasteiger partial charge is 0.480 e. The molecule has 0 saturated heterocycles. The second kappa shape index (κ2) is 8.08. The minimum absolute atomic E-state index is 0.00173. The summed E-state index contributed by atoms with van der Waals surface area (Å²) in [4.78, 5) is 23.6. The van der Waals surface area contributed by atoms with Crippen LogP contribution in [-0.4, -0.2) is 39.6 Å². The Morgan fingerprint density at radius 3 is 2.36 bits per heavy atom. The summed E-state index contributed by atoms with van der Waals surface area (Å²) < 4.78 is 0. The minimum atomic E-state index is -1.39. The fraction of sp³-hybridized carbons (Fsp3) is 0.867. The quantitative estimate of drug-likeness (QED) is 0.472. The molecule has 0 bridgehead atoms. The van der Waals surface area contributed by atoms with E-state index in [0.29, 0.717) is 12.8 Å². The Kier molecular flexibility index (Phi) is 7.03. The highest BCUT2D eigenvalue weighted by Gasteiger charge is 2.56. The molecule has 7 heteroatoms. The van der Waals surface area contributed by atoms with Crippen molar-refractivity contribution in [2.75, 3.05) is 0 Å². The number of unbranched alkanes of at least 4 members (excludes halogenated alkanes) is 1. The first-order valence-electron chi connectivity index (χ1n) is 8.12. The Balaban J connectivity index is 2.97. The van der Waals surface area contributed by atoms with Gasteiger partial charge in [-0.15, -0.1) is 0 Å². The van der Waals surface area contributed by atoms with Crippen LogP contribution in [0.15, 0.2) is 0 Å². The van der Waals surface area contributed by atoms with Crippen molar-refractivity contribution in [1.29, 1.82) is 0 Å². The topological polar surface area (TPSA) is 121 Å². The van der Waals surface area contributed by atoms with E-state index >= 15 is 0 Å². The highest BCUT2D eigenvalue weighted by molar-refractivity contribution is 6.40. The number of aliphatic carboxylic acids is 1. The molecule has 0 heterocycles. The first-order chi connectivity index (χ1) is 10.2. The molecule has 1 fully saturated rings. The molecular weight excluding hydrogens is 285 g/mol. The van der Waals surface area contributed by atoms with Crippen LogP contribution in [-0.2, 0) is 9.59 Å². The lowest BCUT2D eigenvalue weighted by Gasteiger charge is -2.30. The zero-order valence-corrected chi connectivity index (χ0v) is 13.5. The Labute approximate surface area is 132 Å². The fourth-order valence-corrected chi connectivity index (χ4v) is 3.85. The molecule has 0 aromatic rings. The molecule has 126 valence electrons. The highest BCUT2D eigenvalue weighted by atomic mass is 16.4.